The fraction of sp³-hybridized carbons (Fsp3) is 0.500. The van der Waals surface area contributed by atoms with Crippen LogP contribution in [0.1, 0.15) is 13.3 Å². The molecule has 0 N–H and O–H groups in total. The molecular formula is C10H17NO2. The number of rotatable bonds is 5. The maximum atomic E-state index is 10.7. The van der Waals surface area contributed by atoms with E-state index in [0.717, 1.165) is 12.1 Å². The van der Waals surface area contributed by atoms with Crippen molar-refractivity contribution in [2.24, 2.45) is 0 Å². The van der Waals surface area contributed by atoms with E-state index in [-0.39, 0.29) is 5.97 Å². The number of ether oxygens (including phenoxy) is 1. The van der Waals surface area contributed by atoms with Crippen molar-refractivity contribution in [1.82, 2.24) is 4.90 Å². The highest BCUT2D eigenvalue weighted by atomic mass is 16.5. The number of allylic oxidation sites excluding steroid dienone is 1. The topological polar surface area (TPSA) is 29.5 Å². The standard InChI is InChI=1S/C10H17NO2/c1-5-9(11(3)4)7-8-13-10(12)6-2/h5-6H,2,7-8H2,1,3-4H3. The Hall–Kier alpha value is -1.25. The van der Waals surface area contributed by atoms with E-state index >= 15 is 0 Å². The predicted molar refractivity (Wildman–Crippen MR) is 53.2 cm³/mol. The second-order valence-electron chi connectivity index (χ2n) is 2.80. The predicted octanol–water partition coefficient (Wildman–Crippen LogP) is 1.57. The number of hydrogen-bond donors (Lipinski definition) is 0. The second-order valence-corrected chi connectivity index (χ2v) is 2.80. The Labute approximate surface area is 79.7 Å². The summed E-state index contributed by atoms with van der Waals surface area (Å²) in [6, 6.07) is 0. The summed E-state index contributed by atoms with van der Waals surface area (Å²) in [5.41, 5.74) is 1.15. The molecule has 0 amide bonds. The van der Waals surface area contributed by atoms with Crippen molar-refractivity contribution in [3.05, 3.63) is 24.4 Å². The van der Waals surface area contributed by atoms with Gasteiger partial charge in [-0.2, -0.15) is 0 Å². The molecule has 0 aromatic rings. The van der Waals surface area contributed by atoms with Crippen molar-refractivity contribution >= 4 is 5.97 Å². The highest BCUT2D eigenvalue weighted by Crippen LogP contribution is 2.04. The first kappa shape index (κ1) is 11.8. The lowest BCUT2D eigenvalue weighted by atomic mass is 10.3. The van der Waals surface area contributed by atoms with Gasteiger partial charge in [0.2, 0.25) is 0 Å². The highest BCUT2D eigenvalue weighted by molar-refractivity contribution is 5.81. The Morgan fingerprint density at radius 3 is 2.54 bits per heavy atom. The normalized spacial score (nSPS) is 10.8. The Morgan fingerprint density at radius 2 is 2.15 bits per heavy atom. The Morgan fingerprint density at radius 1 is 1.54 bits per heavy atom. The molecule has 74 valence electrons. The van der Waals surface area contributed by atoms with Crippen LogP contribution < -0.4 is 0 Å². The van der Waals surface area contributed by atoms with Crippen molar-refractivity contribution in [3.63, 3.8) is 0 Å². The van der Waals surface area contributed by atoms with Gasteiger partial charge in [0.15, 0.2) is 0 Å². The SMILES string of the molecule is C=CC(=O)OCCC(=CC)N(C)C. The van der Waals surface area contributed by atoms with E-state index in [9.17, 15) is 4.79 Å². The van der Waals surface area contributed by atoms with Crippen LogP contribution in [0.25, 0.3) is 0 Å². The lowest BCUT2D eigenvalue weighted by Gasteiger charge is -2.16. The fourth-order valence-corrected chi connectivity index (χ4v) is 0.941. The molecule has 0 bridgehead atoms. The van der Waals surface area contributed by atoms with E-state index in [4.69, 9.17) is 4.74 Å². The van der Waals surface area contributed by atoms with Gasteiger partial charge in [-0.3, -0.25) is 0 Å². The van der Waals surface area contributed by atoms with Gasteiger partial charge in [-0.15, -0.1) is 0 Å². The van der Waals surface area contributed by atoms with Crippen LogP contribution in [0.3, 0.4) is 0 Å². The maximum Gasteiger partial charge on any atom is 0.330 e. The van der Waals surface area contributed by atoms with Crippen LogP contribution in [-0.4, -0.2) is 31.6 Å². The van der Waals surface area contributed by atoms with E-state index < -0.39 is 0 Å². The third-order valence-corrected chi connectivity index (χ3v) is 1.68. The molecule has 0 rings (SSSR count). The van der Waals surface area contributed by atoms with Gasteiger partial charge in [0.1, 0.15) is 0 Å². The molecule has 0 aliphatic carbocycles. The summed E-state index contributed by atoms with van der Waals surface area (Å²) in [5.74, 6) is -0.366. The van der Waals surface area contributed by atoms with Crippen LogP contribution in [0.2, 0.25) is 0 Å². The molecule has 13 heavy (non-hydrogen) atoms. The third kappa shape index (κ3) is 5.06. The lowest BCUT2D eigenvalue weighted by Crippen LogP contribution is -2.13. The number of carbonyl (C=O) groups excluding carboxylic acids is 1. The number of carbonyl (C=O) groups is 1. The van der Waals surface area contributed by atoms with Crippen LogP contribution in [-0.2, 0) is 9.53 Å². The monoisotopic (exact) mass is 183 g/mol. The molecule has 0 radical (unpaired) electrons. The van der Waals surface area contributed by atoms with Gasteiger partial charge >= 0.3 is 5.97 Å². The van der Waals surface area contributed by atoms with Crippen molar-refractivity contribution in [2.45, 2.75) is 13.3 Å². The minimum atomic E-state index is -0.366. The first-order valence-electron chi connectivity index (χ1n) is 4.23. The molecule has 0 atom stereocenters. The summed E-state index contributed by atoms with van der Waals surface area (Å²) in [5, 5.41) is 0. The number of hydrogen-bond acceptors (Lipinski definition) is 3. The Balaban J connectivity index is 3.75. The molecule has 0 aliphatic rings. The van der Waals surface area contributed by atoms with Crippen molar-refractivity contribution < 1.29 is 9.53 Å². The zero-order chi connectivity index (χ0) is 10.3. The molecule has 0 unspecified atom stereocenters. The Bertz CT molecular complexity index is 207. The molecule has 3 nitrogen and oxygen atoms in total. The van der Waals surface area contributed by atoms with E-state index in [2.05, 4.69) is 6.58 Å². The van der Waals surface area contributed by atoms with Crippen LogP contribution in [0, 0.1) is 0 Å². The molecule has 0 aliphatic heterocycles. The number of esters is 1. The molecule has 0 aromatic heterocycles. The van der Waals surface area contributed by atoms with Crippen molar-refractivity contribution in [3.8, 4) is 0 Å². The van der Waals surface area contributed by atoms with Gasteiger partial charge in [0.25, 0.3) is 0 Å². The molecule has 0 fully saturated rings. The first-order valence-corrected chi connectivity index (χ1v) is 4.23. The van der Waals surface area contributed by atoms with Gasteiger partial charge in [-0.1, -0.05) is 12.7 Å². The van der Waals surface area contributed by atoms with E-state index in [1.54, 1.807) is 0 Å². The van der Waals surface area contributed by atoms with Gasteiger partial charge in [-0.25, -0.2) is 4.79 Å². The van der Waals surface area contributed by atoms with Gasteiger partial charge in [-0.05, 0) is 6.92 Å². The molecule has 0 spiro atoms. The molecule has 0 aromatic carbocycles. The van der Waals surface area contributed by atoms with E-state index in [1.807, 2.05) is 32.0 Å². The summed E-state index contributed by atoms with van der Waals surface area (Å²) >= 11 is 0. The molecule has 0 saturated heterocycles. The average Bonchev–Trinajstić information content (AvgIpc) is 2.11. The average molecular weight is 183 g/mol. The lowest BCUT2D eigenvalue weighted by molar-refractivity contribution is -0.137. The van der Waals surface area contributed by atoms with Gasteiger partial charge in [0.05, 0.1) is 6.61 Å². The van der Waals surface area contributed by atoms with Crippen molar-refractivity contribution in [2.75, 3.05) is 20.7 Å². The summed E-state index contributed by atoms with van der Waals surface area (Å²) < 4.78 is 4.85. The number of nitrogens with zero attached hydrogens (tertiary/aromatic N) is 1. The Kier molecular flexibility index (Phi) is 5.68. The van der Waals surface area contributed by atoms with Gasteiger partial charge < -0.3 is 9.64 Å². The zero-order valence-electron chi connectivity index (χ0n) is 8.54. The zero-order valence-corrected chi connectivity index (χ0v) is 8.54. The fourth-order valence-electron chi connectivity index (χ4n) is 0.941. The summed E-state index contributed by atoms with van der Waals surface area (Å²) in [4.78, 5) is 12.7. The summed E-state index contributed by atoms with van der Waals surface area (Å²) in [6.07, 6.45) is 3.91. The quantitative estimate of drug-likeness (QED) is 0.478. The van der Waals surface area contributed by atoms with Gasteiger partial charge in [0, 0.05) is 32.3 Å². The molecular weight excluding hydrogens is 166 g/mol. The smallest absolute Gasteiger partial charge is 0.330 e. The third-order valence-electron chi connectivity index (χ3n) is 1.68. The second kappa shape index (κ2) is 6.29. The summed E-state index contributed by atoms with van der Waals surface area (Å²) in [7, 11) is 3.93. The summed E-state index contributed by atoms with van der Waals surface area (Å²) in [6.45, 7) is 5.68. The largest absolute Gasteiger partial charge is 0.462 e. The first-order chi connectivity index (χ1) is 6.11. The molecule has 0 heterocycles. The van der Waals surface area contributed by atoms with Crippen LogP contribution in [0.4, 0.5) is 0 Å². The van der Waals surface area contributed by atoms with E-state index in [1.165, 1.54) is 6.08 Å². The van der Waals surface area contributed by atoms with Crippen LogP contribution in [0.5, 0.6) is 0 Å². The molecule has 3 heteroatoms. The minimum Gasteiger partial charge on any atom is -0.462 e. The van der Waals surface area contributed by atoms with Crippen LogP contribution >= 0.6 is 0 Å². The minimum absolute atomic E-state index is 0.366. The van der Waals surface area contributed by atoms with Crippen molar-refractivity contribution in [1.29, 1.82) is 0 Å². The highest BCUT2D eigenvalue weighted by Gasteiger charge is 2.00. The van der Waals surface area contributed by atoms with E-state index in [0.29, 0.717) is 6.61 Å². The maximum absolute atomic E-state index is 10.7. The van der Waals surface area contributed by atoms with Crippen LogP contribution in [0.15, 0.2) is 24.4 Å². The molecule has 0 saturated carbocycles.